The molecule has 0 aliphatic carbocycles. The van der Waals surface area contributed by atoms with Gasteiger partial charge < -0.3 is 0 Å². The molecule has 0 radical (unpaired) electrons. The van der Waals surface area contributed by atoms with E-state index in [1.165, 1.54) is 22.3 Å². The maximum absolute atomic E-state index is 4.84. The average Bonchev–Trinajstić information content (AvgIpc) is 2.56. The molecule has 0 bridgehead atoms. The lowest BCUT2D eigenvalue weighted by Gasteiger charge is -2.26. The molecule has 0 aromatic heterocycles. The minimum absolute atomic E-state index is 0.00484. The van der Waals surface area contributed by atoms with E-state index in [0.29, 0.717) is 0 Å². The van der Waals surface area contributed by atoms with E-state index >= 15 is 0 Å². The van der Waals surface area contributed by atoms with Crippen molar-refractivity contribution in [2.24, 2.45) is 10.2 Å². The van der Waals surface area contributed by atoms with Crippen molar-refractivity contribution in [1.82, 2.24) is 0 Å². The Labute approximate surface area is 185 Å². The van der Waals surface area contributed by atoms with Crippen LogP contribution in [0.25, 0.3) is 0 Å². The van der Waals surface area contributed by atoms with E-state index in [1.807, 2.05) is 0 Å². The summed E-state index contributed by atoms with van der Waals surface area (Å²) in [5.74, 6) is 0. The average molecular weight is 407 g/mol. The highest BCUT2D eigenvalue weighted by molar-refractivity contribution is 5.56. The Balaban J connectivity index is 2.68. The standard InChI is InChI=1S/C28H42N2/c1-25(2,3)19-13-15-21(27(7,8)9)23(17-19)29-30-24-18-20(26(4,5)6)14-16-22(24)28(10,11)12/h13-18H,1-12H3. The van der Waals surface area contributed by atoms with E-state index < -0.39 is 0 Å². The third-order valence-electron chi connectivity index (χ3n) is 5.61. The summed E-state index contributed by atoms with van der Waals surface area (Å²) >= 11 is 0. The summed E-state index contributed by atoms with van der Waals surface area (Å²) in [6, 6.07) is 13.4. The third-order valence-corrected chi connectivity index (χ3v) is 5.61. The van der Waals surface area contributed by atoms with Gasteiger partial charge in [-0.05, 0) is 56.0 Å². The fourth-order valence-corrected chi connectivity index (χ4v) is 3.54. The Hall–Kier alpha value is -1.96. The Morgan fingerprint density at radius 2 is 0.733 bits per heavy atom. The van der Waals surface area contributed by atoms with Crippen LogP contribution < -0.4 is 0 Å². The number of hydrogen-bond donors (Lipinski definition) is 0. The van der Waals surface area contributed by atoms with Crippen LogP contribution in [0, 0.1) is 0 Å². The topological polar surface area (TPSA) is 24.7 Å². The van der Waals surface area contributed by atoms with Gasteiger partial charge in [-0.25, -0.2) is 0 Å². The van der Waals surface area contributed by atoms with Crippen molar-refractivity contribution in [3.8, 4) is 0 Å². The lowest BCUT2D eigenvalue weighted by molar-refractivity contribution is 0.575. The third kappa shape index (κ3) is 5.80. The number of hydrogen-bond acceptors (Lipinski definition) is 2. The molecule has 0 N–H and O–H groups in total. The van der Waals surface area contributed by atoms with Crippen LogP contribution in [-0.2, 0) is 21.7 Å². The molecule has 0 unspecified atom stereocenters. The predicted molar refractivity (Wildman–Crippen MR) is 132 cm³/mol. The molecule has 2 nitrogen and oxygen atoms in total. The van der Waals surface area contributed by atoms with Gasteiger partial charge in [0.25, 0.3) is 0 Å². The van der Waals surface area contributed by atoms with Gasteiger partial charge in [0.05, 0.1) is 11.4 Å². The molecule has 2 heteroatoms. The van der Waals surface area contributed by atoms with Gasteiger partial charge in [0.15, 0.2) is 0 Å². The van der Waals surface area contributed by atoms with E-state index in [2.05, 4.69) is 119 Å². The molecule has 2 aromatic rings. The van der Waals surface area contributed by atoms with Gasteiger partial charge >= 0.3 is 0 Å². The second kappa shape index (κ2) is 7.94. The van der Waals surface area contributed by atoms with Crippen molar-refractivity contribution in [3.05, 3.63) is 58.7 Å². The largest absolute Gasteiger partial charge is 0.150 e. The second-order valence-corrected chi connectivity index (χ2v) is 12.7. The summed E-state index contributed by atoms with van der Waals surface area (Å²) in [6.45, 7) is 26.9. The molecule has 2 aromatic carbocycles. The van der Waals surface area contributed by atoms with Crippen LogP contribution in [0.15, 0.2) is 46.6 Å². The molecular weight excluding hydrogens is 364 g/mol. The number of azo groups is 1. The van der Waals surface area contributed by atoms with Crippen LogP contribution >= 0.6 is 0 Å². The Morgan fingerprint density at radius 3 is 0.967 bits per heavy atom. The molecule has 0 heterocycles. The lowest BCUT2D eigenvalue weighted by Crippen LogP contribution is -2.15. The Morgan fingerprint density at radius 1 is 0.433 bits per heavy atom. The summed E-state index contributed by atoms with van der Waals surface area (Å²) in [4.78, 5) is 0. The molecule has 30 heavy (non-hydrogen) atoms. The van der Waals surface area contributed by atoms with Crippen LogP contribution in [0.4, 0.5) is 11.4 Å². The number of nitrogens with zero attached hydrogens (tertiary/aromatic N) is 2. The molecule has 0 fully saturated rings. The zero-order chi connectivity index (χ0) is 23.1. The minimum Gasteiger partial charge on any atom is -0.150 e. The molecule has 0 aliphatic heterocycles. The Bertz CT molecular complexity index is 844. The van der Waals surface area contributed by atoms with Crippen molar-refractivity contribution in [1.29, 1.82) is 0 Å². The molecule has 0 aliphatic rings. The monoisotopic (exact) mass is 406 g/mol. The molecule has 0 saturated heterocycles. The molecule has 0 atom stereocenters. The van der Waals surface area contributed by atoms with Gasteiger partial charge in [-0.2, -0.15) is 10.2 Å². The van der Waals surface area contributed by atoms with Crippen LogP contribution in [0.5, 0.6) is 0 Å². The summed E-state index contributed by atoms with van der Waals surface area (Å²) in [5.41, 5.74) is 7.11. The zero-order valence-electron chi connectivity index (χ0n) is 21.4. The smallest absolute Gasteiger partial charge is 0.0897 e. The molecule has 0 amide bonds. The van der Waals surface area contributed by atoms with Crippen LogP contribution in [0.3, 0.4) is 0 Å². The van der Waals surface area contributed by atoms with E-state index in [1.54, 1.807) is 0 Å². The van der Waals surface area contributed by atoms with Crippen molar-refractivity contribution in [3.63, 3.8) is 0 Å². The van der Waals surface area contributed by atoms with E-state index in [9.17, 15) is 0 Å². The summed E-state index contributed by atoms with van der Waals surface area (Å²) in [5, 5.41) is 9.68. The van der Waals surface area contributed by atoms with Crippen LogP contribution in [0.2, 0.25) is 0 Å². The first kappa shape index (κ1) is 24.3. The maximum Gasteiger partial charge on any atom is 0.0897 e. The van der Waals surface area contributed by atoms with E-state index in [0.717, 1.165) is 11.4 Å². The highest BCUT2D eigenvalue weighted by atomic mass is 15.1. The maximum atomic E-state index is 4.84. The first-order chi connectivity index (χ1) is 13.4. The van der Waals surface area contributed by atoms with Crippen LogP contribution in [-0.4, -0.2) is 0 Å². The summed E-state index contributed by atoms with van der Waals surface area (Å²) in [7, 11) is 0. The van der Waals surface area contributed by atoms with Crippen molar-refractivity contribution in [2.45, 2.75) is 105 Å². The molecule has 164 valence electrons. The van der Waals surface area contributed by atoms with Crippen molar-refractivity contribution < 1.29 is 0 Å². The van der Waals surface area contributed by atoms with Crippen molar-refractivity contribution >= 4 is 11.4 Å². The summed E-state index contributed by atoms with van der Waals surface area (Å²) in [6.07, 6.45) is 0. The van der Waals surface area contributed by atoms with Gasteiger partial charge in [0.1, 0.15) is 0 Å². The number of benzene rings is 2. The van der Waals surface area contributed by atoms with Gasteiger partial charge in [0.2, 0.25) is 0 Å². The molecule has 0 saturated carbocycles. The SMILES string of the molecule is CC(C)(C)c1ccc(C(C)(C)C)c(N=Nc2cc(C(C)(C)C)ccc2C(C)(C)C)c1. The van der Waals surface area contributed by atoms with Gasteiger partial charge in [-0.15, -0.1) is 0 Å². The van der Waals surface area contributed by atoms with Gasteiger partial charge in [-0.1, -0.05) is 107 Å². The molecule has 2 rings (SSSR count). The zero-order valence-corrected chi connectivity index (χ0v) is 21.4. The Kier molecular flexibility index (Phi) is 6.44. The highest BCUT2D eigenvalue weighted by Gasteiger charge is 2.24. The molecular formula is C28H42N2. The second-order valence-electron chi connectivity index (χ2n) is 12.7. The predicted octanol–water partition coefficient (Wildman–Crippen LogP) is 9.29. The van der Waals surface area contributed by atoms with E-state index in [4.69, 9.17) is 10.2 Å². The minimum atomic E-state index is 0.00484. The highest BCUT2D eigenvalue weighted by Crippen LogP contribution is 2.39. The van der Waals surface area contributed by atoms with Gasteiger partial charge in [0, 0.05) is 0 Å². The number of rotatable bonds is 2. The fourth-order valence-electron chi connectivity index (χ4n) is 3.54. The fraction of sp³-hybridized carbons (Fsp3) is 0.571. The molecule has 0 spiro atoms. The van der Waals surface area contributed by atoms with Gasteiger partial charge in [-0.3, -0.25) is 0 Å². The lowest BCUT2D eigenvalue weighted by atomic mass is 9.81. The van der Waals surface area contributed by atoms with Crippen molar-refractivity contribution in [2.75, 3.05) is 0 Å². The first-order valence-electron chi connectivity index (χ1n) is 11.1. The first-order valence-corrected chi connectivity index (χ1v) is 11.1. The normalized spacial score (nSPS) is 13.9. The van der Waals surface area contributed by atoms with Crippen LogP contribution in [0.1, 0.15) is 105 Å². The quantitative estimate of drug-likeness (QED) is 0.444. The summed E-state index contributed by atoms with van der Waals surface area (Å²) < 4.78 is 0. The van der Waals surface area contributed by atoms with E-state index in [-0.39, 0.29) is 21.7 Å².